The summed E-state index contributed by atoms with van der Waals surface area (Å²) in [4.78, 5) is 0. The number of hydrogen-bond donors (Lipinski definition) is 2. The highest BCUT2D eigenvalue weighted by molar-refractivity contribution is 8.13. The second kappa shape index (κ2) is 7.98. The number of hydrogen-bond acceptors (Lipinski definition) is 1. The van der Waals surface area contributed by atoms with Gasteiger partial charge in [0.05, 0.1) is 33.4 Å². The zero-order valence-corrected chi connectivity index (χ0v) is 10.0. The van der Waals surface area contributed by atoms with Crippen LogP contribution in [0.2, 0.25) is 0 Å². The van der Waals surface area contributed by atoms with Crippen LogP contribution in [-0.2, 0) is 0 Å². The first-order valence-corrected chi connectivity index (χ1v) is 4.21. The van der Waals surface area contributed by atoms with Gasteiger partial charge in [0.1, 0.15) is 0 Å². The van der Waals surface area contributed by atoms with Gasteiger partial charge >= 0.3 is 0 Å². The summed E-state index contributed by atoms with van der Waals surface area (Å²) in [6.07, 6.45) is 0. The SMILES string of the molecule is C[N+](C)(C)CCSC(N)=[NH2+].[Cl-].[Cl-]. The third-order valence-corrected chi connectivity index (χ3v) is 1.75. The van der Waals surface area contributed by atoms with Crippen LogP contribution >= 0.6 is 11.8 Å². The van der Waals surface area contributed by atoms with E-state index in [4.69, 9.17) is 11.1 Å². The number of halogens is 2. The fraction of sp³-hybridized carbons (Fsp3) is 0.833. The second-order valence-electron chi connectivity index (χ2n) is 3.26. The lowest BCUT2D eigenvalue weighted by atomic mass is 10.6. The highest BCUT2D eigenvalue weighted by Crippen LogP contribution is 1.98. The van der Waals surface area contributed by atoms with E-state index in [-0.39, 0.29) is 24.8 Å². The summed E-state index contributed by atoms with van der Waals surface area (Å²) in [6.45, 7) is 1.09. The first-order valence-electron chi connectivity index (χ1n) is 3.23. The average molecular weight is 234 g/mol. The summed E-state index contributed by atoms with van der Waals surface area (Å²) in [7, 11) is 6.44. The first-order chi connectivity index (χ1) is 4.42. The molecule has 0 heterocycles. The molecule has 0 radical (unpaired) electrons. The van der Waals surface area contributed by atoms with E-state index >= 15 is 0 Å². The van der Waals surface area contributed by atoms with E-state index in [9.17, 15) is 0 Å². The quantitative estimate of drug-likeness (QED) is 0.289. The minimum absolute atomic E-state index is 0. The maximum atomic E-state index is 5.27. The molecule has 6 heteroatoms. The van der Waals surface area contributed by atoms with Gasteiger partial charge in [0.2, 0.25) is 0 Å². The molecule has 0 bridgehead atoms. The topological polar surface area (TPSA) is 51.6 Å². The molecule has 0 rings (SSSR count). The Bertz CT molecular complexity index is 124. The Balaban J connectivity index is -0.000000405. The Hall–Kier alpha value is 0.360. The van der Waals surface area contributed by atoms with Crippen molar-refractivity contribution in [3.63, 3.8) is 0 Å². The number of thioether (sulfide) groups is 1. The summed E-state index contributed by atoms with van der Waals surface area (Å²) in [5, 5.41) is 5.74. The van der Waals surface area contributed by atoms with E-state index in [2.05, 4.69) is 21.1 Å². The molecule has 3 nitrogen and oxygen atoms in total. The molecule has 0 aliphatic carbocycles. The van der Waals surface area contributed by atoms with Crippen LogP contribution in [0.3, 0.4) is 0 Å². The fourth-order valence-corrected chi connectivity index (χ4v) is 1.31. The van der Waals surface area contributed by atoms with Gasteiger partial charge in [0.15, 0.2) is 0 Å². The van der Waals surface area contributed by atoms with Gasteiger partial charge in [0.25, 0.3) is 5.17 Å². The second-order valence-corrected chi connectivity index (χ2v) is 4.43. The molecule has 0 aromatic rings. The van der Waals surface area contributed by atoms with Crippen LogP contribution in [-0.4, -0.2) is 43.1 Å². The standard InChI is InChI=1S/C6H16N3S.2ClH/c1-9(2,3)4-5-10-6(7)8;;/h4-5H2,1-3H3,(H3,7,8);2*1H/q+1;;/p-1. The summed E-state index contributed by atoms with van der Waals surface area (Å²) in [5.41, 5.74) is 5.27. The molecule has 0 amide bonds. The highest BCUT2D eigenvalue weighted by atomic mass is 35.5. The molecule has 0 spiro atoms. The lowest BCUT2D eigenvalue weighted by molar-refractivity contribution is -0.867. The van der Waals surface area contributed by atoms with Gasteiger partial charge in [-0.05, 0) is 11.8 Å². The fourth-order valence-electron chi connectivity index (χ4n) is 0.437. The Morgan fingerprint density at radius 1 is 1.33 bits per heavy atom. The van der Waals surface area contributed by atoms with Gasteiger partial charge in [0, 0.05) is 0 Å². The lowest BCUT2D eigenvalue weighted by Crippen LogP contribution is -3.00. The predicted molar refractivity (Wildman–Crippen MR) is 46.5 cm³/mol. The molecule has 12 heavy (non-hydrogen) atoms. The van der Waals surface area contributed by atoms with Crippen molar-refractivity contribution in [3.05, 3.63) is 0 Å². The lowest BCUT2D eigenvalue weighted by Gasteiger charge is -2.22. The molecule has 0 saturated carbocycles. The van der Waals surface area contributed by atoms with Gasteiger partial charge in [-0.3, -0.25) is 11.1 Å². The summed E-state index contributed by atoms with van der Waals surface area (Å²) in [6, 6.07) is 0. The minimum Gasteiger partial charge on any atom is -1.00 e. The Kier molecular flexibility index (Phi) is 12.1. The van der Waals surface area contributed by atoms with Crippen molar-refractivity contribution in [3.8, 4) is 0 Å². The largest absolute Gasteiger partial charge is 1.00 e. The van der Waals surface area contributed by atoms with Crippen LogP contribution in [0.4, 0.5) is 0 Å². The molecule has 4 N–H and O–H groups in total. The van der Waals surface area contributed by atoms with Crippen LogP contribution < -0.4 is 36.0 Å². The van der Waals surface area contributed by atoms with Crippen molar-refractivity contribution in [2.24, 2.45) is 5.73 Å². The third-order valence-electron chi connectivity index (χ3n) is 1.03. The number of nitrogens with zero attached hydrogens (tertiary/aromatic N) is 1. The van der Waals surface area contributed by atoms with Crippen molar-refractivity contribution in [2.75, 3.05) is 33.4 Å². The van der Waals surface area contributed by atoms with Crippen LogP contribution in [0.15, 0.2) is 0 Å². The molecule has 0 unspecified atom stereocenters. The summed E-state index contributed by atoms with van der Waals surface area (Å²) in [5.74, 6) is 0.992. The zero-order chi connectivity index (χ0) is 8.20. The van der Waals surface area contributed by atoms with Crippen molar-refractivity contribution in [1.29, 1.82) is 0 Å². The first kappa shape index (κ1) is 18.2. The number of nitrogens with two attached hydrogens (primary N) is 2. The van der Waals surface area contributed by atoms with Gasteiger partial charge in [-0.25, -0.2) is 0 Å². The van der Waals surface area contributed by atoms with E-state index in [1.807, 2.05) is 0 Å². The molecule has 0 fully saturated rings. The van der Waals surface area contributed by atoms with Crippen molar-refractivity contribution >= 4 is 16.9 Å². The highest BCUT2D eigenvalue weighted by Gasteiger charge is 2.07. The van der Waals surface area contributed by atoms with Gasteiger partial charge in [-0.1, -0.05) is 0 Å². The van der Waals surface area contributed by atoms with E-state index in [1.54, 1.807) is 0 Å². The normalized spacial score (nSPS) is 9.58. The van der Waals surface area contributed by atoms with Crippen molar-refractivity contribution < 1.29 is 34.7 Å². The van der Waals surface area contributed by atoms with Gasteiger partial charge < -0.3 is 29.3 Å². The molecule has 0 saturated heterocycles. The molecule has 0 aliphatic rings. The third kappa shape index (κ3) is 16.8. The summed E-state index contributed by atoms with van der Waals surface area (Å²) < 4.78 is 0.959. The Labute approximate surface area is 91.0 Å². The van der Waals surface area contributed by atoms with Crippen molar-refractivity contribution in [1.82, 2.24) is 0 Å². The molecular weight excluding hydrogens is 217 g/mol. The smallest absolute Gasteiger partial charge is 0.299 e. The van der Waals surface area contributed by atoms with E-state index in [1.165, 1.54) is 11.8 Å². The van der Waals surface area contributed by atoms with Crippen molar-refractivity contribution in [2.45, 2.75) is 0 Å². The van der Waals surface area contributed by atoms with E-state index in [0.717, 1.165) is 16.8 Å². The average Bonchev–Trinajstić information content (AvgIpc) is 1.59. The summed E-state index contributed by atoms with van der Waals surface area (Å²) >= 11 is 1.51. The number of quaternary nitrogens is 1. The molecule has 0 aromatic carbocycles. The molecule has 0 aromatic heterocycles. The Morgan fingerprint density at radius 2 is 1.75 bits per heavy atom. The number of amidine groups is 1. The van der Waals surface area contributed by atoms with Gasteiger partial charge in [-0.2, -0.15) is 0 Å². The van der Waals surface area contributed by atoms with Crippen LogP contribution in [0, 0.1) is 0 Å². The van der Waals surface area contributed by atoms with E-state index < -0.39 is 0 Å². The number of rotatable bonds is 3. The monoisotopic (exact) mass is 233 g/mol. The van der Waals surface area contributed by atoms with E-state index in [0.29, 0.717) is 5.17 Å². The maximum absolute atomic E-state index is 5.27. The molecule has 0 atom stereocenters. The predicted octanol–water partition coefficient (Wildman–Crippen LogP) is -7.49. The van der Waals surface area contributed by atoms with Crippen LogP contribution in [0.25, 0.3) is 0 Å². The molecule has 0 aliphatic heterocycles. The molecule has 76 valence electrons. The minimum atomic E-state index is 0. The molecular formula is C6H17Cl2N3S. The van der Waals surface area contributed by atoms with Crippen LogP contribution in [0.5, 0.6) is 0 Å². The maximum Gasteiger partial charge on any atom is 0.299 e. The van der Waals surface area contributed by atoms with Gasteiger partial charge in [-0.15, -0.1) is 0 Å². The van der Waals surface area contributed by atoms with Crippen LogP contribution in [0.1, 0.15) is 0 Å². The zero-order valence-electron chi connectivity index (χ0n) is 7.68. The Morgan fingerprint density at radius 3 is 2.00 bits per heavy atom.